The number of anilines is 1. The molecule has 2 aromatic rings. The van der Waals surface area contributed by atoms with E-state index in [1.165, 1.54) is 32.9 Å². The Morgan fingerprint density at radius 2 is 1.63 bits per heavy atom. The average molecular weight is 522 g/mol. The van der Waals surface area contributed by atoms with E-state index in [0.717, 1.165) is 12.8 Å². The molecule has 4 rings (SSSR count). The molecule has 0 bridgehead atoms. The van der Waals surface area contributed by atoms with Gasteiger partial charge in [-0.25, -0.2) is 16.8 Å². The Morgan fingerprint density at radius 1 is 0.943 bits per heavy atom. The van der Waals surface area contributed by atoms with Crippen molar-refractivity contribution in [3.63, 3.8) is 0 Å². The molecular weight excluding hydrogens is 490 g/mol. The fraction of sp³-hybridized carbons (Fsp3) is 0.458. The van der Waals surface area contributed by atoms with Gasteiger partial charge in [0, 0.05) is 37.4 Å². The molecule has 1 atom stereocenters. The van der Waals surface area contributed by atoms with Gasteiger partial charge in [-0.2, -0.15) is 8.61 Å². The average Bonchev–Trinajstić information content (AvgIpc) is 2.88. The standard InChI is InChI=1S/C24H31N3O6S2/c1-19-4-3-11-27(18-19)34(29,30)22-9-7-21(8-10-22)25-17-24(28)20-5-2-6-23(16-20)35(31,32)26-12-14-33-15-13-26/h2,5-10,16,19,25H,3-4,11-15,17-18H2,1H3. The predicted molar refractivity (Wildman–Crippen MR) is 132 cm³/mol. The van der Waals surface area contributed by atoms with Crippen LogP contribution in [-0.2, 0) is 24.8 Å². The molecule has 9 nitrogen and oxygen atoms in total. The van der Waals surface area contributed by atoms with Crippen LogP contribution < -0.4 is 5.32 Å². The molecule has 0 aromatic heterocycles. The normalized spacial score (nSPS) is 20.4. The van der Waals surface area contributed by atoms with E-state index in [1.54, 1.807) is 24.3 Å². The molecule has 190 valence electrons. The molecule has 11 heteroatoms. The van der Waals surface area contributed by atoms with Crippen LogP contribution in [0.3, 0.4) is 0 Å². The number of carbonyl (C=O) groups is 1. The van der Waals surface area contributed by atoms with Gasteiger partial charge in [0.25, 0.3) is 0 Å². The van der Waals surface area contributed by atoms with Gasteiger partial charge in [0.05, 0.1) is 29.5 Å². The molecule has 2 heterocycles. The first-order chi connectivity index (χ1) is 16.7. The van der Waals surface area contributed by atoms with E-state index < -0.39 is 20.0 Å². The van der Waals surface area contributed by atoms with E-state index in [0.29, 0.717) is 37.9 Å². The summed E-state index contributed by atoms with van der Waals surface area (Å²) in [5.74, 6) is 0.0656. The van der Waals surface area contributed by atoms with Crippen LogP contribution >= 0.6 is 0 Å². The molecule has 0 radical (unpaired) electrons. The van der Waals surface area contributed by atoms with E-state index in [4.69, 9.17) is 4.74 Å². The minimum Gasteiger partial charge on any atom is -0.379 e. The maximum Gasteiger partial charge on any atom is 0.243 e. The zero-order chi connectivity index (χ0) is 25.1. The number of ether oxygens (including phenoxy) is 1. The summed E-state index contributed by atoms with van der Waals surface area (Å²) in [5, 5.41) is 3.00. The monoisotopic (exact) mass is 521 g/mol. The number of morpholine rings is 1. The minimum atomic E-state index is -3.70. The number of sulfonamides is 2. The fourth-order valence-electron chi connectivity index (χ4n) is 4.31. The van der Waals surface area contributed by atoms with Crippen LogP contribution in [0.2, 0.25) is 0 Å². The highest BCUT2D eigenvalue weighted by Gasteiger charge is 2.29. The number of ketones is 1. The number of rotatable bonds is 8. The van der Waals surface area contributed by atoms with Gasteiger partial charge >= 0.3 is 0 Å². The van der Waals surface area contributed by atoms with Crippen LogP contribution in [0.15, 0.2) is 58.3 Å². The van der Waals surface area contributed by atoms with Crippen molar-refractivity contribution in [3.8, 4) is 0 Å². The van der Waals surface area contributed by atoms with Crippen LogP contribution in [0.4, 0.5) is 5.69 Å². The molecule has 2 aromatic carbocycles. The van der Waals surface area contributed by atoms with Crippen LogP contribution in [0.1, 0.15) is 30.1 Å². The van der Waals surface area contributed by atoms with Crippen molar-refractivity contribution in [2.45, 2.75) is 29.6 Å². The van der Waals surface area contributed by atoms with E-state index in [-0.39, 0.29) is 40.8 Å². The summed E-state index contributed by atoms with van der Waals surface area (Å²) < 4.78 is 59.7. The van der Waals surface area contributed by atoms with Crippen LogP contribution in [0.5, 0.6) is 0 Å². The molecule has 1 N–H and O–H groups in total. The second-order valence-corrected chi connectivity index (χ2v) is 12.8. The molecule has 1 unspecified atom stereocenters. The van der Waals surface area contributed by atoms with Crippen LogP contribution in [0, 0.1) is 5.92 Å². The predicted octanol–water partition coefficient (Wildman–Crippen LogP) is 2.42. The van der Waals surface area contributed by atoms with E-state index in [2.05, 4.69) is 12.2 Å². The highest BCUT2D eigenvalue weighted by Crippen LogP contribution is 2.24. The Hall–Kier alpha value is -2.31. The zero-order valence-corrected chi connectivity index (χ0v) is 21.4. The van der Waals surface area contributed by atoms with Gasteiger partial charge in [-0.1, -0.05) is 19.1 Å². The Kier molecular flexibility index (Phi) is 7.92. The first-order valence-electron chi connectivity index (χ1n) is 11.7. The van der Waals surface area contributed by atoms with Crippen molar-refractivity contribution < 1.29 is 26.4 Å². The molecule has 2 fully saturated rings. The first-order valence-corrected chi connectivity index (χ1v) is 14.6. The van der Waals surface area contributed by atoms with Gasteiger partial charge in [-0.15, -0.1) is 0 Å². The number of nitrogens with zero attached hydrogens (tertiary/aromatic N) is 2. The Morgan fingerprint density at radius 3 is 2.31 bits per heavy atom. The Labute approximate surface area is 207 Å². The number of nitrogens with one attached hydrogen (secondary N) is 1. The number of carbonyl (C=O) groups excluding carboxylic acids is 1. The molecule has 2 aliphatic heterocycles. The highest BCUT2D eigenvalue weighted by atomic mass is 32.2. The van der Waals surface area contributed by atoms with Crippen molar-refractivity contribution in [1.82, 2.24) is 8.61 Å². The number of hydrogen-bond acceptors (Lipinski definition) is 7. The van der Waals surface area contributed by atoms with Crippen molar-refractivity contribution in [2.24, 2.45) is 5.92 Å². The molecule has 2 saturated heterocycles. The third-order valence-corrected chi connectivity index (χ3v) is 10.1. The molecule has 35 heavy (non-hydrogen) atoms. The third kappa shape index (κ3) is 5.92. The van der Waals surface area contributed by atoms with E-state index >= 15 is 0 Å². The highest BCUT2D eigenvalue weighted by molar-refractivity contribution is 7.89. The maximum atomic E-state index is 12.9. The fourth-order valence-corrected chi connectivity index (χ4v) is 7.36. The van der Waals surface area contributed by atoms with Crippen molar-refractivity contribution >= 4 is 31.5 Å². The quantitative estimate of drug-likeness (QED) is 0.531. The van der Waals surface area contributed by atoms with Gasteiger partial charge in [0.1, 0.15) is 0 Å². The summed E-state index contributed by atoms with van der Waals surface area (Å²) in [7, 11) is -7.24. The van der Waals surface area contributed by atoms with Gasteiger partial charge < -0.3 is 10.1 Å². The zero-order valence-electron chi connectivity index (χ0n) is 19.7. The third-order valence-electron chi connectivity index (χ3n) is 6.33. The summed E-state index contributed by atoms with van der Waals surface area (Å²) in [5.41, 5.74) is 0.881. The lowest BCUT2D eigenvalue weighted by Gasteiger charge is -2.30. The van der Waals surface area contributed by atoms with Gasteiger partial charge in [-0.3, -0.25) is 4.79 Å². The molecule has 0 amide bonds. The van der Waals surface area contributed by atoms with Gasteiger partial charge in [0.15, 0.2) is 5.78 Å². The first kappa shape index (κ1) is 25.8. The van der Waals surface area contributed by atoms with Gasteiger partial charge in [-0.05, 0) is 55.2 Å². The number of hydrogen-bond donors (Lipinski definition) is 1. The lowest BCUT2D eigenvalue weighted by Crippen LogP contribution is -2.40. The molecule has 0 saturated carbocycles. The molecule has 0 spiro atoms. The second-order valence-electron chi connectivity index (χ2n) is 8.96. The second kappa shape index (κ2) is 10.8. The van der Waals surface area contributed by atoms with Crippen LogP contribution in [0.25, 0.3) is 0 Å². The summed E-state index contributed by atoms with van der Waals surface area (Å²) in [6, 6.07) is 12.4. The Bertz CT molecular complexity index is 1260. The summed E-state index contributed by atoms with van der Waals surface area (Å²) in [6.45, 7) is 4.31. The SMILES string of the molecule is CC1CCCN(S(=O)(=O)c2ccc(NCC(=O)c3cccc(S(=O)(=O)N4CCOCC4)c3)cc2)C1. The topological polar surface area (TPSA) is 113 Å². The van der Waals surface area contributed by atoms with Gasteiger partial charge in [0.2, 0.25) is 20.0 Å². The molecule has 0 aliphatic carbocycles. The largest absolute Gasteiger partial charge is 0.379 e. The Balaban J connectivity index is 1.39. The van der Waals surface area contributed by atoms with E-state index in [1.807, 2.05) is 0 Å². The van der Waals surface area contributed by atoms with Crippen LogP contribution in [-0.4, -0.2) is 77.2 Å². The summed E-state index contributed by atoms with van der Waals surface area (Å²) >= 11 is 0. The molecular formula is C24H31N3O6S2. The van der Waals surface area contributed by atoms with Crippen molar-refractivity contribution in [2.75, 3.05) is 51.3 Å². The minimum absolute atomic E-state index is 0.0587. The smallest absolute Gasteiger partial charge is 0.243 e. The summed E-state index contributed by atoms with van der Waals surface area (Å²) in [4.78, 5) is 13.0. The number of Topliss-reactive ketones (excluding diaryl/α,β-unsaturated/α-hetero) is 1. The lowest BCUT2D eigenvalue weighted by atomic mass is 10.0. The lowest BCUT2D eigenvalue weighted by molar-refractivity contribution is 0.0730. The summed E-state index contributed by atoms with van der Waals surface area (Å²) in [6.07, 6.45) is 1.89. The van der Waals surface area contributed by atoms with Crippen molar-refractivity contribution in [1.29, 1.82) is 0 Å². The van der Waals surface area contributed by atoms with Crippen molar-refractivity contribution in [3.05, 3.63) is 54.1 Å². The molecule has 2 aliphatic rings. The maximum absolute atomic E-state index is 12.9. The van der Waals surface area contributed by atoms with E-state index in [9.17, 15) is 21.6 Å². The number of benzene rings is 2. The number of piperidine rings is 1.